The molecule has 0 fully saturated rings. The van der Waals surface area contributed by atoms with Gasteiger partial charge in [-0.3, -0.25) is 0 Å². The lowest BCUT2D eigenvalue weighted by atomic mass is 10.0. The predicted octanol–water partition coefficient (Wildman–Crippen LogP) is 3.49. The number of ether oxygens (including phenoxy) is 1. The first kappa shape index (κ1) is 14.2. The molecule has 0 unspecified atom stereocenters. The van der Waals surface area contributed by atoms with Crippen LogP contribution in [-0.4, -0.2) is 12.1 Å². The van der Waals surface area contributed by atoms with Crippen molar-refractivity contribution in [1.29, 1.82) is 0 Å². The molecule has 4 heteroatoms. The van der Waals surface area contributed by atoms with Crippen molar-refractivity contribution in [2.24, 2.45) is 5.73 Å². The smallest absolute Gasteiger partial charge is 0.0976 e. The lowest BCUT2D eigenvalue weighted by molar-refractivity contribution is 0.181. The van der Waals surface area contributed by atoms with Gasteiger partial charge in [0.25, 0.3) is 0 Å². The molecule has 0 saturated carbocycles. The zero-order chi connectivity index (χ0) is 14.7. The fraction of sp³-hybridized carbons (Fsp3) is 0.235. The number of methoxy groups -OCH3 is 1. The van der Waals surface area contributed by atoms with E-state index in [-0.39, 0.29) is 0 Å². The van der Waals surface area contributed by atoms with Crippen molar-refractivity contribution >= 4 is 22.1 Å². The molecule has 0 aliphatic carbocycles. The van der Waals surface area contributed by atoms with Crippen LogP contribution in [0.15, 0.2) is 42.5 Å². The first-order valence-corrected chi connectivity index (χ1v) is 7.76. The summed E-state index contributed by atoms with van der Waals surface area (Å²) in [5.41, 5.74) is 8.07. The van der Waals surface area contributed by atoms with Crippen LogP contribution >= 0.6 is 11.3 Å². The van der Waals surface area contributed by atoms with E-state index in [1.165, 1.54) is 16.3 Å². The Morgan fingerprint density at radius 3 is 2.76 bits per heavy atom. The molecular formula is C17H18N2OS. The summed E-state index contributed by atoms with van der Waals surface area (Å²) in [6, 6.07) is 14.9. The molecule has 0 atom stereocenters. The normalized spacial score (nSPS) is 11.1. The van der Waals surface area contributed by atoms with Crippen LogP contribution in [0.4, 0.5) is 0 Å². The van der Waals surface area contributed by atoms with Crippen molar-refractivity contribution in [1.82, 2.24) is 4.98 Å². The third kappa shape index (κ3) is 2.97. The summed E-state index contributed by atoms with van der Waals surface area (Å²) < 4.78 is 5.19. The number of hydrogen-bond acceptors (Lipinski definition) is 4. The summed E-state index contributed by atoms with van der Waals surface area (Å²) in [6.07, 6.45) is 0.836. The van der Waals surface area contributed by atoms with Crippen LogP contribution < -0.4 is 5.73 Å². The summed E-state index contributed by atoms with van der Waals surface area (Å²) in [5.74, 6) is 0. The Balaban J connectivity index is 1.95. The van der Waals surface area contributed by atoms with Crippen LogP contribution in [0.1, 0.15) is 21.1 Å². The molecule has 2 aromatic carbocycles. The monoisotopic (exact) mass is 298 g/mol. The Labute approximate surface area is 128 Å². The van der Waals surface area contributed by atoms with E-state index in [1.807, 2.05) is 0 Å². The number of hydrogen-bond donors (Lipinski definition) is 1. The van der Waals surface area contributed by atoms with Crippen molar-refractivity contribution in [3.05, 3.63) is 63.6 Å². The number of benzene rings is 2. The number of thiazole rings is 1. The van der Waals surface area contributed by atoms with E-state index < -0.39 is 0 Å². The average molecular weight is 298 g/mol. The minimum Gasteiger partial charge on any atom is -0.378 e. The number of nitrogens with two attached hydrogens (primary N) is 1. The predicted molar refractivity (Wildman–Crippen MR) is 87.5 cm³/mol. The topological polar surface area (TPSA) is 48.1 Å². The van der Waals surface area contributed by atoms with E-state index in [2.05, 4.69) is 47.4 Å². The molecule has 0 amide bonds. The van der Waals surface area contributed by atoms with E-state index in [0.29, 0.717) is 13.2 Å². The fourth-order valence-corrected chi connectivity index (χ4v) is 3.50. The molecule has 0 saturated heterocycles. The van der Waals surface area contributed by atoms with Crippen molar-refractivity contribution in [3.63, 3.8) is 0 Å². The standard InChI is InChI=1S/C17H18N2OS/c1-20-11-15-16(10-18)21-17(19-15)9-13-7-4-6-12-5-2-3-8-14(12)13/h2-8H,9-11,18H2,1H3. The maximum atomic E-state index is 5.79. The Kier molecular flexibility index (Phi) is 4.29. The number of aromatic nitrogens is 1. The van der Waals surface area contributed by atoms with E-state index in [4.69, 9.17) is 10.5 Å². The molecule has 0 aliphatic rings. The molecule has 0 bridgehead atoms. The highest BCUT2D eigenvalue weighted by atomic mass is 32.1. The summed E-state index contributed by atoms with van der Waals surface area (Å²) in [6.45, 7) is 1.05. The van der Waals surface area contributed by atoms with Gasteiger partial charge in [0.15, 0.2) is 0 Å². The Bertz CT molecular complexity index is 746. The van der Waals surface area contributed by atoms with Crippen LogP contribution in [0.3, 0.4) is 0 Å². The Hall–Kier alpha value is -1.75. The lowest BCUT2D eigenvalue weighted by Crippen LogP contribution is -1.99. The van der Waals surface area contributed by atoms with Gasteiger partial charge >= 0.3 is 0 Å². The molecule has 3 rings (SSSR count). The van der Waals surface area contributed by atoms with E-state index in [0.717, 1.165) is 22.0 Å². The zero-order valence-corrected chi connectivity index (χ0v) is 12.8. The third-order valence-electron chi connectivity index (χ3n) is 3.51. The minimum atomic E-state index is 0.520. The van der Waals surface area contributed by atoms with Crippen LogP contribution in [-0.2, 0) is 24.3 Å². The third-order valence-corrected chi connectivity index (χ3v) is 4.63. The molecule has 0 aliphatic heterocycles. The maximum absolute atomic E-state index is 5.79. The second-order valence-corrected chi connectivity index (χ2v) is 6.10. The second kappa shape index (κ2) is 6.35. The van der Waals surface area contributed by atoms with Crippen molar-refractivity contribution in [2.75, 3.05) is 7.11 Å². The van der Waals surface area contributed by atoms with Crippen LogP contribution in [0.2, 0.25) is 0 Å². The van der Waals surface area contributed by atoms with Gasteiger partial charge in [0.1, 0.15) is 0 Å². The average Bonchev–Trinajstić information content (AvgIpc) is 2.90. The maximum Gasteiger partial charge on any atom is 0.0976 e. The summed E-state index contributed by atoms with van der Waals surface area (Å²) in [7, 11) is 1.68. The molecule has 3 nitrogen and oxygen atoms in total. The molecule has 0 spiro atoms. The highest BCUT2D eigenvalue weighted by Gasteiger charge is 2.11. The number of rotatable bonds is 5. The minimum absolute atomic E-state index is 0.520. The summed E-state index contributed by atoms with van der Waals surface area (Å²) in [5, 5.41) is 3.65. The van der Waals surface area contributed by atoms with Crippen LogP contribution in [0.5, 0.6) is 0 Å². The largest absolute Gasteiger partial charge is 0.378 e. The zero-order valence-electron chi connectivity index (χ0n) is 12.0. The van der Waals surface area contributed by atoms with Gasteiger partial charge in [0.05, 0.1) is 17.3 Å². The lowest BCUT2D eigenvalue weighted by Gasteiger charge is -2.04. The molecule has 1 aromatic heterocycles. The number of nitrogens with zero attached hydrogens (tertiary/aromatic N) is 1. The summed E-state index contributed by atoms with van der Waals surface area (Å²) >= 11 is 1.69. The van der Waals surface area contributed by atoms with Crippen molar-refractivity contribution < 1.29 is 4.74 Å². The van der Waals surface area contributed by atoms with Crippen LogP contribution in [0, 0.1) is 0 Å². The molecule has 3 aromatic rings. The van der Waals surface area contributed by atoms with Gasteiger partial charge < -0.3 is 10.5 Å². The molecule has 0 radical (unpaired) electrons. The van der Waals surface area contributed by atoms with Crippen molar-refractivity contribution in [3.8, 4) is 0 Å². The quantitative estimate of drug-likeness (QED) is 0.784. The fourth-order valence-electron chi connectivity index (χ4n) is 2.53. The molecule has 21 heavy (non-hydrogen) atoms. The van der Waals surface area contributed by atoms with E-state index >= 15 is 0 Å². The molecular weight excluding hydrogens is 280 g/mol. The van der Waals surface area contributed by atoms with Gasteiger partial charge in [0.2, 0.25) is 0 Å². The molecule has 2 N–H and O–H groups in total. The van der Waals surface area contributed by atoms with Gasteiger partial charge in [-0.1, -0.05) is 42.5 Å². The second-order valence-electron chi connectivity index (χ2n) is 4.93. The van der Waals surface area contributed by atoms with Gasteiger partial charge in [-0.25, -0.2) is 4.98 Å². The molecule has 1 heterocycles. The number of fused-ring (bicyclic) bond motifs is 1. The first-order chi connectivity index (χ1) is 10.3. The highest BCUT2D eigenvalue weighted by Crippen LogP contribution is 2.25. The van der Waals surface area contributed by atoms with Crippen LogP contribution in [0.25, 0.3) is 10.8 Å². The molecule has 108 valence electrons. The van der Waals surface area contributed by atoms with Gasteiger partial charge in [-0.05, 0) is 16.3 Å². The van der Waals surface area contributed by atoms with E-state index in [9.17, 15) is 0 Å². The highest BCUT2D eigenvalue weighted by molar-refractivity contribution is 7.11. The van der Waals surface area contributed by atoms with Gasteiger partial charge in [0, 0.05) is 25.0 Å². The Morgan fingerprint density at radius 1 is 1.14 bits per heavy atom. The Morgan fingerprint density at radius 2 is 1.95 bits per heavy atom. The first-order valence-electron chi connectivity index (χ1n) is 6.95. The van der Waals surface area contributed by atoms with Gasteiger partial charge in [-0.15, -0.1) is 11.3 Å². The van der Waals surface area contributed by atoms with Gasteiger partial charge in [-0.2, -0.15) is 0 Å². The van der Waals surface area contributed by atoms with E-state index in [1.54, 1.807) is 18.4 Å². The summed E-state index contributed by atoms with van der Waals surface area (Å²) in [4.78, 5) is 5.80. The SMILES string of the molecule is COCc1nc(Cc2cccc3ccccc23)sc1CN. The van der Waals surface area contributed by atoms with Crippen molar-refractivity contribution in [2.45, 2.75) is 19.6 Å².